The maximum Gasteiger partial charge on any atom is 0.240 e. The number of hydrogen-bond donors (Lipinski definition) is 1. The molecule has 2 aliphatic rings. The van der Waals surface area contributed by atoms with Crippen molar-refractivity contribution in [1.29, 1.82) is 0 Å². The van der Waals surface area contributed by atoms with E-state index in [1.54, 1.807) is 12.5 Å². The van der Waals surface area contributed by atoms with E-state index in [0.717, 1.165) is 18.4 Å². The molecule has 1 saturated heterocycles. The Morgan fingerprint density at radius 2 is 2.30 bits per heavy atom. The fourth-order valence-corrected chi connectivity index (χ4v) is 4.08. The molecule has 2 heterocycles. The predicted octanol–water partition coefficient (Wildman–Crippen LogP) is 2.40. The lowest BCUT2D eigenvalue weighted by atomic mass is 9.90. The second-order valence-corrected chi connectivity index (χ2v) is 6.34. The smallest absolute Gasteiger partial charge is 0.240 e. The number of furan rings is 1. The maximum absolute atomic E-state index is 12.9. The van der Waals surface area contributed by atoms with Gasteiger partial charge in [0.05, 0.1) is 18.6 Å². The summed E-state index contributed by atoms with van der Waals surface area (Å²) in [7, 11) is 1.90. The first-order valence-corrected chi connectivity index (χ1v) is 7.69. The summed E-state index contributed by atoms with van der Waals surface area (Å²) < 4.78 is 5.15. The maximum atomic E-state index is 12.9. The highest BCUT2D eigenvalue weighted by Crippen LogP contribution is 2.39. The summed E-state index contributed by atoms with van der Waals surface area (Å²) in [5, 5.41) is 3.23. The highest BCUT2D eigenvalue weighted by molar-refractivity contribution is 5.83. The highest BCUT2D eigenvalue weighted by Gasteiger charge is 2.42. The number of amides is 1. The van der Waals surface area contributed by atoms with Crippen molar-refractivity contribution in [2.75, 3.05) is 7.05 Å². The lowest BCUT2D eigenvalue weighted by molar-refractivity contribution is -0.136. The van der Waals surface area contributed by atoms with E-state index in [4.69, 9.17) is 4.42 Å². The number of fused-ring (bicyclic) bond motifs is 1. The van der Waals surface area contributed by atoms with Gasteiger partial charge in [-0.15, -0.1) is 0 Å². The molecular weight excluding hydrogens is 252 g/mol. The van der Waals surface area contributed by atoms with Crippen LogP contribution < -0.4 is 5.32 Å². The quantitative estimate of drug-likeness (QED) is 0.922. The lowest BCUT2D eigenvalue weighted by Gasteiger charge is -2.32. The minimum atomic E-state index is -0.0486. The van der Waals surface area contributed by atoms with Gasteiger partial charge in [-0.3, -0.25) is 4.79 Å². The number of hydrogen-bond acceptors (Lipinski definition) is 3. The van der Waals surface area contributed by atoms with Gasteiger partial charge in [0.1, 0.15) is 0 Å². The van der Waals surface area contributed by atoms with E-state index in [1.807, 2.05) is 13.1 Å². The van der Waals surface area contributed by atoms with Crippen molar-refractivity contribution in [2.45, 2.75) is 51.2 Å². The summed E-state index contributed by atoms with van der Waals surface area (Å²) in [6, 6.07) is 2.32. The zero-order chi connectivity index (χ0) is 14.1. The Hall–Kier alpha value is -1.29. The minimum Gasteiger partial charge on any atom is -0.472 e. The number of carbonyl (C=O) groups is 1. The van der Waals surface area contributed by atoms with Gasteiger partial charge in [0.15, 0.2) is 0 Å². The van der Waals surface area contributed by atoms with Gasteiger partial charge in [-0.05, 0) is 44.2 Å². The van der Waals surface area contributed by atoms with Crippen LogP contribution in [-0.2, 0) is 11.3 Å². The van der Waals surface area contributed by atoms with Crippen molar-refractivity contribution in [1.82, 2.24) is 10.2 Å². The molecule has 2 fully saturated rings. The van der Waals surface area contributed by atoms with Crippen LogP contribution in [0.4, 0.5) is 0 Å². The summed E-state index contributed by atoms with van der Waals surface area (Å²) in [5.41, 5.74) is 1.09. The molecule has 1 aromatic rings. The van der Waals surface area contributed by atoms with E-state index in [-0.39, 0.29) is 11.9 Å². The molecule has 110 valence electrons. The Morgan fingerprint density at radius 1 is 1.45 bits per heavy atom. The van der Waals surface area contributed by atoms with E-state index >= 15 is 0 Å². The molecule has 0 bridgehead atoms. The number of likely N-dealkylation sites (tertiary alicyclic amines) is 1. The van der Waals surface area contributed by atoms with Crippen LogP contribution in [0.15, 0.2) is 23.0 Å². The zero-order valence-corrected chi connectivity index (χ0v) is 12.3. The fraction of sp³-hybridized carbons (Fsp3) is 0.688. The van der Waals surface area contributed by atoms with E-state index in [1.165, 1.54) is 12.8 Å². The van der Waals surface area contributed by atoms with Crippen molar-refractivity contribution >= 4 is 5.91 Å². The molecule has 1 aliphatic heterocycles. The van der Waals surface area contributed by atoms with E-state index < -0.39 is 0 Å². The molecule has 1 saturated carbocycles. The molecule has 4 heteroatoms. The summed E-state index contributed by atoms with van der Waals surface area (Å²) in [4.78, 5) is 15.0. The number of carbonyl (C=O) groups excluding carboxylic acids is 1. The molecule has 1 aliphatic carbocycles. The molecular formula is C16H24N2O2. The van der Waals surface area contributed by atoms with Crippen LogP contribution in [-0.4, -0.2) is 29.9 Å². The topological polar surface area (TPSA) is 45.5 Å². The minimum absolute atomic E-state index is 0.0486. The van der Waals surface area contributed by atoms with E-state index in [2.05, 4.69) is 17.1 Å². The van der Waals surface area contributed by atoms with E-state index in [9.17, 15) is 4.79 Å². The van der Waals surface area contributed by atoms with Crippen molar-refractivity contribution < 1.29 is 9.21 Å². The predicted molar refractivity (Wildman–Crippen MR) is 77.0 cm³/mol. The van der Waals surface area contributed by atoms with E-state index in [0.29, 0.717) is 24.4 Å². The molecule has 20 heavy (non-hydrogen) atoms. The molecule has 1 N–H and O–H groups in total. The largest absolute Gasteiger partial charge is 0.472 e. The van der Waals surface area contributed by atoms with Crippen LogP contribution in [0.2, 0.25) is 0 Å². The van der Waals surface area contributed by atoms with Gasteiger partial charge in [-0.1, -0.05) is 13.3 Å². The van der Waals surface area contributed by atoms with Crippen LogP contribution in [0.1, 0.15) is 38.2 Å². The first kappa shape index (κ1) is 13.7. The third kappa shape index (κ3) is 2.37. The molecule has 0 spiro atoms. The Balaban J connectivity index is 1.87. The number of nitrogens with zero attached hydrogens (tertiary/aromatic N) is 1. The number of nitrogens with one attached hydrogen (secondary N) is 1. The van der Waals surface area contributed by atoms with Gasteiger partial charge in [0, 0.05) is 18.2 Å². The molecule has 0 aromatic carbocycles. The molecule has 4 nitrogen and oxygen atoms in total. The number of likely N-dealkylation sites (N-methyl/N-ethyl adjacent to an activating group) is 1. The van der Waals surface area contributed by atoms with Crippen LogP contribution in [0.5, 0.6) is 0 Å². The Labute approximate surface area is 120 Å². The first-order valence-electron chi connectivity index (χ1n) is 7.69. The average Bonchev–Trinajstić information content (AvgIpc) is 3.06. The van der Waals surface area contributed by atoms with Crippen molar-refractivity contribution in [3.05, 3.63) is 24.2 Å². The zero-order valence-electron chi connectivity index (χ0n) is 12.3. The second kappa shape index (κ2) is 5.60. The third-order valence-electron chi connectivity index (χ3n) is 5.06. The summed E-state index contributed by atoms with van der Waals surface area (Å²) in [6.45, 7) is 2.89. The molecule has 4 unspecified atom stereocenters. The van der Waals surface area contributed by atoms with Gasteiger partial charge in [-0.25, -0.2) is 0 Å². The van der Waals surface area contributed by atoms with Gasteiger partial charge in [0.25, 0.3) is 0 Å². The lowest BCUT2D eigenvalue weighted by Crippen LogP contribution is -2.49. The van der Waals surface area contributed by atoms with Gasteiger partial charge in [-0.2, -0.15) is 0 Å². The summed E-state index contributed by atoms with van der Waals surface area (Å²) >= 11 is 0. The number of rotatable bonds is 3. The molecule has 4 atom stereocenters. The third-order valence-corrected chi connectivity index (χ3v) is 5.06. The van der Waals surface area contributed by atoms with Crippen LogP contribution in [0.25, 0.3) is 0 Å². The summed E-state index contributed by atoms with van der Waals surface area (Å²) in [6.07, 6.45) is 8.26. The Kier molecular flexibility index (Phi) is 3.83. The average molecular weight is 276 g/mol. The van der Waals surface area contributed by atoms with Crippen LogP contribution >= 0.6 is 0 Å². The normalized spacial score (nSPS) is 34.1. The highest BCUT2D eigenvalue weighted by atomic mass is 16.3. The van der Waals surface area contributed by atoms with Gasteiger partial charge < -0.3 is 14.6 Å². The molecule has 1 amide bonds. The Morgan fingerprint density at radius 3 is 3.00 bits per heavy atom. The van der Waals surface area contributed by atoms with Crippen molar-refractivity contribution in [2.24, 2.45) is 11.8 Å². The monoisotopic (exact) mass is 276 g/mol. The van der Waals surface area contributed by atoms with Gasteiger partial charge >= 0.3 is 0 Å². The molecule has 0 radical (unpaired) electrons. The standard InChI is InChI=1S/C16H24N2O2/c1-11-8-13-4-3-5-14(13)18(16(19)15(11)17-2)9-12-6-7-20-10-12/h6-7,10-11,13-15,17H,3-5,8-9H2,1-2H3. The van der Waals surface area contributed by atoms with Crippen molar-refractivity contribution in [3.8, 4) is 0 Å². The van der Waals surface area contributed by atoms with Gasteiger partial charge in [0.2, 0.25) is 5.91 Å². The van der Waals surface area contributed by atoms with Crippen LogP contribution in [0.3, 0.4) is 0 Å². The SMILES string of the molecule is CNC1C(=O)N(Cc2ccoc2)C2CCCC2CC1C. The first-order chi connectivity index (χ1) is 9.70. The fourth-order valence-electron chi connectivity index (χ4n) is 4.08. The van der Waals surface area contributed by atoms with Crippen molar-refractivity contribution in [3.63, 3.8) is 0 Å². The molecule has 1 aromatic heterocycles. The Bertz CT molecular complexity index is 457. The van der Waals surface area contributed by atoms with Crippen LogP contribution in [0, 0.1) is 11.8 Å². The second-order valence-electron chi connectivity index (χ2n) is 6.34. The summed E-state index contributed by atoms with van der Waals surface area (Å²) in [5.74, 6) is 1.34. The molecule has 3 rings (SSSR count).